The van der Waals surface area contributed by atoms with E-state index >= 15 is 0 Å². The number of carboxylic acid groups (broad SMARTS) is 1. The van der Waals surface area contributed by atoms with Crippen LogP contribution >= 0.6 is 11.3 Å². The van der Waals surface area contributed by atoms with Crippen LogP contribution in [0.2, 0.25) is 0 Å². The summed E-state index contributed by atoms with van der Waals surface area (Å²) in [5.41, 5.74) is 0. The van der Waals surface area contributed by atoms with Crippen molar-refractivity contribution in [1.29, 1.82) is 0 Å². The predicted molar refractivity (Wildman–Crippen MR) is 77.1 cm³/mol. The number of hydrogen-bond acceptors (Lipinski definition) is 5. The second-order valence-corrected chi connectivity index (χ2v) is 5.24. The van der Waals surface area contributed by atoms with E-state index in [-0.39, 0.29) is 6.04 Å². The number of aliphatic carboxylic acids is 1. The van der Waals surface area contributed by atoms with Crippen molar-refractivity contribution in [2.45, 2.75) is 25.8 Å². The van der Waals surface area contributed by atoms with Crippen molar-refractivity contribution >= 4 is 29.2 Å². The van der Waals surface area contributed by atoms with Crippen LogP contribution in [0.3, 0.4) is 0 Å². The van der Waals surface area contributed by atoms with E-state index < -0.39 is 31.1 Å². The van der Waals surface area contributed by atoms with E-state index in [2.05, 4.69) is 15.4 Å². The first-order chi connectivity index (χ1) is 10.0. The van der Waals surface area contributed by atoms with Crippen LogP contribution in [0.4, 0.5) is 4.79 Å². The third-order valence-corrected chi connectivity index (χ3v) is 3.47. The Morgan fingerprint density at radius 3 is 2.71 bits per heavy atom. The van der Waals surface area contributed by atoms with Gasteiger partial charge in [0.1, 0.15) is 13.2 Å². The normalized spacial score (nSPS) is 11.7. The van der Waals surface area contributed by atoms with Gasteiger partial charge in [0, 0.05) is 4.88 Å². The molecule has 0 bridgehead atoms. The zero-order valence-corrected chi connectivity index (χ0v) is 12.4. The molecule has 3 N–H and O–H groups in total. The lowest BCUT2D eigenvalue weighted by Gasteiger charge is -2.16. The van der Waals surface area contributed by atoms with Crippen molar-refractivity contribution in [2.24, 2.45) is 0 Å². The Kier molecular flexibility index (Phi) is 7.41. The predicted octanol–water partition coefficient (Wildman–Crippen LogP) is 1.52. The summed E-state index contributed by atoms with van der Waals surface area (Å²) in [5.74, 6) is -1.86. The smallest absolute Gasteiger partial charge is 0.329 e. The molecule has 0 aliphatic carbocycles. The molecule has 0 saturated carbocycles. The fourth-order valence-corrected chi connectivity index (χ4v) is 2.46. The Balaban J connectivity index is 2.40. The van der Waals surface area contributed by atoms with E-state index in [4.69, 9.17) is 5.11 Å². The molecule has 0 aliphatic heterocycles. The van der Waals surface area contributed by atoms with Crippen LogP contribution in [0.5, 0.6) is 0 Å². The van der Waals surface area contributed by atoms with Crippen molar-refractivity contribution in [2.75, 3.05) is 13.2 Å². The number of thiophene rings is 1. The molecule has 1 heterocycles. The maximum Gasteiger partial charge on any atom is 0.329 e. The van der Waals surface area contributed by atoms with Gasteiger partial charge in [0.15, 0.2) is 0 Å². The van der Waals surface area contributed by atoms with E-state index in [1.807, 2.05) is 24.4 Å². The monoisotopic (exact) mass is 314 g/mol. The summed E-state index contributed by atoms with van der Waals surface area (Å²) in [6, 6.07) is 3.05. The Bertz CT molecular complexity index is 475. The summed E-state index contributed by atoms with van der Waals surface area (Å²) >= 11 is 1.53. The largest absolute Gasteiger partial charge is 0.480 e. The maximum atomic E-state index is 11.7. The Morgan fingerprint density at radius 1 is 1.38 bits per heavy atom. The van der Waals surface area contributed by atoms with Crippen LogP contribution in [-0.2, 0) is 14.3 Å². The number of imide groups is 1. The van der Waals surface area contributed by atoms with Crippen molar-refractivity contribution in [3.63, 3.8) is 0 Å². The number of rotatable bonds is 8. The molecule has 0 saturated heterocycles. The molecule has 3 amide bonds. The van der Waals surface area contributed by atoms with E-state index in [1.54, 1.807) is 0 Å². The topological polar surface area (TPSA) is 105 Å². The van der Waals surface area contributed by atoms with Gasteiger partial charge < -0.3 is 15.2 Å². The number of carbonyl (C=O) groups excluding carboxylic acids is 2. The lowest BCUT2D eigenvalue weighted by Crippen LogP contribution is -2.42. The van der Waals surface area contributed by atoms with Gasteiger partial charge in [0.05, 0.1) is 6.04 Å². The summed E-state index contributed by atoms with van der Waals surface area (Å²) in [4.78, 5) is 34.3. The average molecular weight is 314 g/mol. The highest BCUT2D eigenvalue weighted by molar-refractivity contribution is 7.10. The van der Waals surface area contributed by atoms with Gasteiger partial charge in [0.25, 0.3) is 5.91 Å². The summed E-state index contributed by atoms with van der Waals surface area (Å²) in [6.07, 6.45) is 1.65. The van der Waals surface area contributed by atoms with E-state index in [1.165, 1.54) is 11.3 Å². The number of nitrogens with one attached hydrogen (secondary N) is 2. The second-order valence-electron chi connectivity index (χ2n) is 4.26. The summed E-state index contributed by atoms with van der Waals surface area (Å²) in [6.45, 7) is 0.949. The number of hydrogen-bond donors (Lipinski definition) is 3. The fourth-order valence-electron chi connectivity index (χ4n) is 1.65. The minimum Gasteiger partial charge on any atom is -0.480 e. The minimum atomic E-state index is -1.17. The number of carboxylic acids is 1. The maximum absolute atomic E-state index is 11.7. The van der Waals surface area contributed by atoms with Crippen molar-refractivity contribution < 1.29 is 24.2 Å². The van der Waals surface area contributed by atoms with E-state index in [0.29, 0.717) is 0 Å². The molecule has 8 heteroatoms. The highest BCUT2D eigenvalue weighted by atomic mass is 32.1. The quantitative estimate of drug-likeness (QED) is 0.674. The fraction of sp³-hybridized carbons (Fsp3) is 0.462. The third kappa shape index (κ3) is 6.87. The van der Waals surface area contributed by atoms with E-state index in [0.717, 1.165) is 17.7 Å². The molecule has 1 aromatic rings. The Morgan fingerprint density at radius 2 is 2.14 bits per heavy atom. The zero-order chi connectivity index (χ0) is 15.7. The van der Waals surface area contributed by atoms with Gasteiger partial charge in [-0.3, -0.25) is 10.1 Å². The van der Waals surface area contributed by atoms with Crippen LogP contribution in [0.1, 0.15) is 30.7 Å². The third-order valence-electron chi connectivity index (χ3n) is 2.48. The van der Waals surface area contributed by atoms with E-state index in [9.17, 15) is 14.4 Å². The van der Waals surface area contributed by atoms with Gasteiger partial charge >= 0.3 is 12.0 Å². The summed E-state index contributed by atoms with van der Waals surface area (Å²) < 4.78 is 4.59. The summed E-state index contributed by atoms with van der Waals surface area (Å²) in [5, 5.41) is 15.1. The van der Waals surface area contributed by atoms with Gasteiger partial charge in [-0.15, -0.1) is 11.3 Å². The molecule has 1 rings (SSSR count). The molecule has 0 spiro atoms. The number of ether oxygens (including phenoxy) is 1. The van der Waals surface area contributed by atoms with Crippen LogP contribution in [0.15, 0.2) is 17.5 Å². The molecule has 116 valence electrons. The molecule has 1 atom stereocenters. The lowest BCUT2D eigenvalue weighted by atomic mass is 10.1. The first-order valence-corrected chi connectivity index (χ1v) is 7.34. The lowest BCUT2D eigenvalue weighted by molar-refractivity contribution is -0.143. The molecule has 0 aromatic carbocycles. The summed E-state index contributed by atoms with van der Waals surface area (Å²) in [7, 11) is 0. The van der Waals surface area contributed by atoms with Gasteiger partial charge in [-0.25, -0.2) is 9.59 Å². The highest BCUT2D eigenvalue weighted by Crippen LogP contribution is 2.22. The Labute approximate surface area is 126 Å². The van der Waals surface area contributed by atoms with Crippen LogP contribution in [0, 0.1) is 0 Å². The van der Waals surface area contributed by atoms with Crippen LogP contribution in [0.25, 0.3) is 0 Å². The van der Waals surface area contributed by atoms with Crippen molar-refractivity contribution in [3.8, 4) is 0 Å². The zero-order valence-electron chi connectivity index (χ0n) is 11.6. The van der Waals surface area contributed by atoms with Crippen molar-refractivity contribution in [3.05, 3.63) is 22.4 Å². The molecule has 0 fully saturated rings. The molecule has 1 aromatic heterocycles. The van der Waals surface area contributed by atoms with Gasteiger partial charge in [0.2, 0.25) is 0 Å². The number of urea groups is 1. The molecule has 0 aliphatic rings. The van der Waals surface area contributed by atoms with Gasteiger partial charge in [-0.05, 0) is 17.9 Å². The number of carbonyl (C=O) groups is 3. The standard InChI is InChI=1S/C13H18N2O5S/c1-2-4-9(10-5-3-6-21-10)14-13(19)15-11(16)7-20-8-12(17)18/h3,5-6,9H,2,4,7-8H2,1H3,(H,17,18)(H2,14,15,16,19). The minimum absolute atomic E-state index is 0.150. The second kappa shape index (κ2) is 9.09. The van der Waals surface area contributed by atoms with Crippen LogP contribution in [-0.4, -0.2) is 36.2 Å². The average Bonchev–Trinajstić information content (AvgIpc) is 2.91. The highest BCUT2D eigenvalue weighted by Gasteiger charge is 2.16. The Hall–Kier alpha value is -1.93. The van der Waals surface area contributed by atoms with Gasteiger partial charge in [-0.2, -0.15) is 0 Å². The number of amides is 3. The first kappa shape index (κ1) is 17.1. The van der Waals surface area contributed by atoms with Crippen molar-refractivity contribution in [1.82, 2.24) is 10.6 Å². The first-order valence-electron chi connectivity index (χ1n) is 6.46. The van der Waals surface area contributed by atoms with Crippen LogP contribution < -0.4 is 10.6 Å². The molecular weight excluding hydrogens is 296 g/mol. The molecule has 7 nitrogen and oxygen atoms in total. The molecular formula is C13H18N2O5S. The van der Waals surface area contributed by atoms with Gasteiger partial charge in [-0.1, -0.05) is 19.4 Å². The molecule has 1 unspecified atom stereocenters. The molecule has 21 heavy (non-hydrogen) atoms. The molecule has 0 radical (unpaired) electrons. The SMILES string of the molecule is CCCC(NC(=O)NC(=O)COCC(=O)O)c1cccs1.